The topological polar surface area (TPSA) is 72.3 Å². The minimum Gasteiger partial charge on any atom is -0.481 e. The molecule has 0 aliphatic heterocycles. The molecule has 0 unspecified atom stereocenters. The number of halogens is 3. The zero-order chi connectivity index (χ0) is 22.6. The van der Waals surface area contributed by atoms with Crippen LogP contribution in [0.1, 0.15) is 11.3 Å². The third kappa shape index (κ3) is 5.33. The second kappa shape index (κ2) is 9.07. The molecule has 1 N–H and O–H groups in total. The lowest BCUT2D eigenvalue weighted by Crippen LogP contribution is -2.35. The van der Waals surface area contributed by atoms with Crippen molar-refractivity contribution in [2.24, 2.45) is 0 Å². The molecule has 0 aliphatic rings. The molecule has 1 aromatic carbocycles. The van der Waals surface area contributed by atoms with Gasteiger partial charge >= 0.3 is 12.2 Å². The van der Waals surface area contributed by atoms with Crippen LogP contribution < -0.4 is 10.1 Å². The van der Waals surface area contributed by atoms with Gasteiger partial charge in [-0.25, -0.2) is 14.5 Å². The summed E-state index contributed by atoms with van der Waals surface area (Å²) >= 11 is 0. The number of amides is 2. The molecule has 3 rings (SSSR count). The van der Waals surface area contributed by atoms with Gasteiger partial charge in [0.1, 0.15) is 0 Å². The van der Waals surface area contributed by atoms with Crippen LogP contribution in [0.15, 0.2) is 48.7 Å². The number of hydrogen-bond donors (Lipinski definition) is 1. The molecule has 0 aliphatic carbocycles. The average molecular weight is 433 g/mol. The molecule has 0 atom stereocenters. The Bertz CT molecular complexity index is 1030. The standard InChI is InChI=1S/C21H22F3N5O2/c1-28(2)20(30)25-11-10-14-4-6-15(7-5-14)17-12-18(21(22,23)24)27-29(17)16-8-9-19(31-3)26-13-16/h4-9,12-13H,10-11H2,1-3H3,(H,25,30). The van der Waals surface area contributed by atoms with Crippen LogP contribution in [0.25, 0.3) is 16.9 Å². The van der Waals surface area contributed by atoms with Crippen LogP contribution in [-0.2, 0) is 12.6 Å². The van der Waals surface area contributed by atoms with E-state index in [1.165, 1.54) is 22.9 Å². The van der Waals surface area contributed by atoms with Gasteiger partial charge in [-0.1, -0.05) is 24.3 Å². The molecular formula is C21H22F3N5O2. The maximum atomic E-state index is 13.3. The van der Waals surface area contributed by atoms with E-state index in [4.69, 9.17) is 4.74 Å². The van der Waals surface area contributed by atoms with Gasteiger partial charge in [0.2, 0.25) is 5.88 Å². The highest BCUT2D eigenvalue weighted by molar-refractivity contribution is 5.73. The molecule has 0 saturated heterocycles. The lowest BCUT2D eigenvalue weighted by atomic mass is 10.1. The first-order chi connectivity index (χ1) is 14.7. The molecule has 2 heterocycles. The normalized spacial score (nSPS) is 11.3. The monoisotopic (exact) mass is 433 g/mol. The predicted molar refractivity (Wildman–Crippen MR) is 109 cm³/mol. The predicted octanol–water partition coefficient (Wildman–Crippen LogP) is 3.78. The lowest BCUT2D eigenvalue weighted by Gasteiger charge is -2.12. The van der Waals surface area contributed by atoms with Crippen molar-refractivity contribution in [3.63, 3.8) is 0 Å². The van der Waals surface area contributed by atoms with Gasteiger partial charge in [0.25, 0.3) is 0 Å². The summed E-state index contributed by atoms with van der Waals surface area (Å²) in [7, 11) is 4.76. The summed E-state index contributed by atoms with van der Waals surface area (Å²) < 4.78 is 46.1. The van der Waals surface area contributed by atoms with E-state index in [-0.39, 0.29) is 11.7 Å². The van der Waals surface area contributed by atoms with Gasteiger partial charge in [0.15, 0.2) is 5.69 Å². The molecule has 0 bridgehead atoms. The molecule has 2 aromatic heterocycles. The Morgan fingerprint density at radius 1 is 1.16 bits per heavy atom. The number of aromatic nitrogens is 3. The summed E-state index contributed by atoms with van der Waals surface area (Å²) in [6.45, 7) is 0.448. The van der Waals surface area contributed by atoms with Crippen LogP contribution in [0.4, 0.5) is 18.0 Å². The van der Waals surface area contributed by atoms with Crippen LogP contribution in [0.3, 0.4) is 0 Å². The van der Waals surface area contributed by atoms with E-state index in [2.05, 4.69) is 15.4 Å². The highest BCUT2D eigenvalue weighted by Crippen LogP contribution is 2.33. The molecule has 3 aromatic rings. The third-order valence-corrected chi connectivity index (χ3v) is 4.52. The Balaban J connectivity index is 1.87. The second-order valence-corrected chi connectivity index (χ2v) is 6.96. The number of nitrogens with one attached hydrogen (secondary N) is 1. The zero-order valence-corrected chi connectivity index (χ0v) is 17.3. The van der Waals surface area contributed by atoms with Gasteiger partial charge in [0.05, 0.1) is 24.7 Å². The number of ether oxygens (including phenoxy) is 1. The smallest absolute Gasteiger partial charge is 0.435 e. The first-order valence-corrected chi connectivity index (χ1v) is 9.41. The van der Waals surface area contributed by atoms with Gasteiger partial charge in [0, 0.05) is 32.3 Å². The molecule has 164 valence electrons. The number of alkyl halides is 3. The molecule has 2 amide bonds. The Kier molecular flexibility index (Phi) is 6.47. The molecule has 0 saturated carbocycles. The molecule has 0 radical (unpaired) electrons. The van der Waals surface area contributed by atoms with Gasteiger partial charge in [-0.05, 0) is 24.1 Å². The Morgan fingerprint density at radius 3 is 2.42 bits per heavy atom. The van der Waals surface area contributed by atoms with E-state index in [1.54, 1.807) is 38.4 Å². The Morgan fingerprint density at radius 2 is 1.87 bits per heavy atom. The number of rotatable bonds is 6. The molecule has 0 fully saturated rings. The van der Waals surface area contributed by atoms with E-state index in [1.807, 2.05) is 12.1 Å². The minimum atomic E-state index is -4.58. The summed E-state index contributed by atoms with van der Waals surface area (Å²) in [6.07, 6.45) is -2.59. The van der Waals surface area contributed by atoms with Crippen molar-refractivity contribution in [1.29, 1.82) is 0 Å². The molecule has 0 spiro atoms. The third-order valence-electron chi connectivity index (χ3n) is 4.52. The van der Waals surface area contributed by atoms with E-state index in [0.717, 1.165) is 11.6 Å². The Hall–Kier alpha value is -3.56. The fourth-order valence-electron chi connectivity index (χ4n) is 2.85. The summed E-state index contributed by atoms with van der Waals surface area (Å²) in [6, 6.07) is 11.1. The number of nitrogens with zero attached hydrogens (tertiary/aromatic N) is 4. The number of urea groups is 1. The quantitative estimate of drug-likeness (QED) is 0.642. The van der Waals surface area contributed by atoms with Gasteiger partial charge in [-0.15, -0.1) is 0 Å². The van der Waals surface area contributed by atoms with Gasteiger partial charge in [-0.2, -0.15) is 18.3 Å². The fraction of sp³-hybridized carbons (Fsp3) is 0.286. The molecule has 10 heteroatoms. The summed E-state index contributed by atoms with van der Waals surface area (Å²) in [5.41, 5.74) is 1.18. The second-order valence-electron chi connectivity index (χ2n) is 6.96. The minimum absolute atomic E-state index is 0.187. The summed E-state index contributed by atoms with van der Waals surface area (Å²) in [5, 5.41) is 6.52. The van der Waals surface area contributed by atoms with E-state index >= 15 is 0 Å². The van der Waals surface area contributed by atoms with Crippen molar-refractivity contribution in [2.75, 3.05) is 27.7 Å². The first-order valence-electron chi connectivity index (χ1n) is 9.41. The number of hydrogen-bond acceptors (Lipinski definition) is 4. The summed E-state index contributed by atoms with van der Waals surface area (Å²) in [5.74, 6) is 0.346. The molecule has 7 nitrogen and oxygen atoms in total. The van der Waals surface area contributed by atoms with Crippen LogP contribution >= 0.6 is 0 Å². The van der Waals surface area contributed by atoms with E-state index < -0.39 is 11.9 Å². The van der Waals surface area contributed by atoms with Crippen molar-refractivity contribution >= 4 is 6.03 Å². The van der Waals surface area contributed by atoms with Crippen molar-refractivity contribution in [2.45, 2.75) is 12.6 Å². The maximum Gasteiger partial charge on any atom is 0.435 e. The highest BCUT2D eigenvalue weighted by Gasteiger charge is 2.35. The number of carbonyl (C=O) groups excluding carboxylic acids is 1. The van der Waals surface area contributed by atoms with E-state index in [9.17, 15) is 18.0 Å². The Labute approximate surface area is 177 Å². The van der Waals surface area contributed by atoms with E-state index in [0.29, 0.717) is 30.1 Å². The fourth-order valence-corrected chi connectivity index (χ4v) is 2.85. The maximum absolute atomic E-state index is 13.3. The number of carbonyl (C=O) groups is 1. The van der Waals surface area contributed by atoms with Crippen LogP contribution in [-0.4, -0.2) is 53.4 Å². The molecular weight excluding hydrogens is 411 g/mol. The highest BCUT2D eigenvalue weighted by atomic mass is 19.4. The van der Waals surface area contributed by atoms with Gasteiger partial charge < -0.3 is 15.0 Å². The summed E-state index contributed by atoms with van der Waals surface area (Å²) in [4.78, 5) is 17.1. The van der Waals surface area contributed by atoms with Crippen molar-refractivity contribution in [3.05, 3.63) is 59.9 Å². The van der Waals surface area contributed by atoms with Crippen LogP contribution in [0.5, 0.6) is 5.88 Å². The molecule has 31 heavy (non-hydrogen) atoms. The zero-order valence-electron chi connectivity index (χ0n) is 17.3. The van der Waals surface area contributed by atoms with Gasteiger partial charge in [-0.3, -0.25) is 0 Å². The largest absolute Gasteiger partial charge is 0.481 e. The van der Waals surface area contributed by atoms with Crippen molar-refractivity contribution in [1.82, 2.24) is 25.0 Å². The van der Waals surface area contributed by atoms with Crippen LogP contribution in [0.2, 0.25) is 0 Å². The average Bonchev–Trinajstić information content (AvgIpc) is 3.20. The number of methoxy groups -OCH3 is 1. The lowest BCUT2D eigenvalue weighted by molar-refractivity contribution is -0.141. The van der Waals surface area contributed by atoms with Crippen molar-refractivity contribution < 1.29 is 22.7 Å². The number of benzene rings is 1. The van der Waals surface area contributed by atoms with Crippen LogP contribution in [0, 0.1) is 0 Å². The SMILES string of the molecule is COc1ccc(-n2nc(C(F)(F)F)cc2-c2ccc(CCNC(=O)N(C)C)cc2)cn1. The number of pyridine rings is 1. The first kappa shape index (κ1) is 22.1. The van der Waals surface area contributed by atoms with Crippen molar-refractivity contribution in [3.8, 4) is 22.8 Å².